The predicted molar refractivity (Wildman–Crippen MR) is 109 cm³/mol. The smallest absolute Gasteiger partial charge is 0.191 e. The van der Waals surface area contributed by atoms with Crippen LogP contribution in [0.1, 0.15) is 30.2 Å². The topological polar surface area (TPSA) is 52.8 Å². The van der Waals surface area contributed by atoms with Gasteiger partial charge in [-0.15, -0.1) is 11.8 Å². The molecule has 0 spiro atoms. The number of hydrogen-bond acceptors (Lipinski definition) is 4. The summed E-state index contributed by atoms with van der Waals surface area (Å²) in [4.78, 5) is 8.12. The molecule has 2 aromatic rings. The molecule has 1 unspecified atom stereocenters. The van der Waals surface area contributed by atoms with E-state index in [2.05, 4.69) is 57.1 Å². The van der Waals surface area contributed by atoms with E-state index in [0.717, 1.165) is 37.9 Å². The summed E-state index contributed by atoms with van der Waals surface area (Å²) >= 11 is 1.76. The second-order valence-electron chi connectivity index (χ2n) is 6.43. The number of thioether (sulfide) groups is 1. The second-order valence-corrected chi connectivity index (χ2v) is 7.31. The van der Waals surface area contributed by atoms with Crippen LogP contribution in [0.4, 0.5) is 0 Å². The molecule has 1 aliphatic rings. The van der Waals surface area contributed by atoms with E-state index in [9.17, 15) is 0 Å². The summed E-state index contributed by atoms with van der Waals surface area (Å²) in [5, 5.41) is 6.86. The SMILES string of the molecule is CN=C(NCc1ccc(SC)cc1)NCC(c1ccco1)N1CCCC1. The fraction of sp³-hybridized carbons (Fsp3) is 0.450. The molecule has 0 radical (unpaired) electrons. The number of benzene rings is 1. The highest BCUT2D eigenvalue weighted by atomic mass is 32.2. The van der Waals surface area contributed by atoms with E-state index >= 15 is 0 Å². The van der Waals surface area contributed by atoms with Crippen molar-refractivity contribution in [3.63, 3.8) is 0 Å². The van der Waals surface area contributed by atoms with Crippen molar-refractivity contribution in [1.29, 1.82) is 0 Å². The standard InChI is InChI=1S/C20H28N4OS/c1-21-20(22-14-16-7-9-17(26-2)10-8-16)23-15-18(19-6-5-13-25-19)24-11-3-4-12-24/h5-10,13,18H,3-4,11-12,14-15H2,1-2H3,(H2,21,22,23). The molecule has 1 aromatic carbocycles. The molecule has 3 rings (SSSR count). The Morgan fingerprint density at radius 2 is 1.96 bits per heavy atom. The van der Waals surface area contributed by atoms with Crippen LogP contribution in [-0.4, -0.2) is 43.8 Å². The molecule has 0 aliphatic carbocycles. The highest BCUT2D eigenvalue weighted by molar-refractivity contribution is 7.98. The molecule has 1 saturated heterocycles. The molecule has 1 fully saturated rings. The van der Waals surface area contributed by atoms with Crippen molar-refractivity contribution in [2.75, 3.05) is 32.9 Å². The van der Waals surface area contributed by atoms with Crippen LogP contribution in [0.2, 0.25) is 0 Å². The van der Waals surface area contributed by atoms with Gasteiger partial charge in [0.05, 0.1) is 12.3 Å². The average Bonchev–Trinajstić information content (AvgIpc) is 3.39. The van der Waals surface area contributed by atoms with Crippen LogP contribution in [0.3, 0.4) is 0 Å². The molecule has 6 heteroatoms. The van der Waals surface area contributed by atoms with Gasteiger partial charge in [0.2, 0.25) is 0 Å². The third kappa shape index (κ3) is 5.05. The van der Waals surface area contributed by atoms with Gasteiger partial charge in [-0.2, -0.15) is 0 Å². The van der Waals surface area contributed by atoms with E-state index in [1.54, 1.807) is 18.0 Å². The Morgan fingerprint density at radius 1 is 1.19 bits per heavy atom. The molecule has 2 heterocycles. The van der Waals surface area contributed by atoms with Crippen molar-refractivity contribution in [1.82, 2.24) is 15.5 Å². The van der Waals surface area contributed by atoms with Gasteiger partial charge in [-0.25, -0.2) is 0 Å². The van der Waals surface area contributed by atoms with E-state index in [1.165, 1.54) is 23.3 Å². The molecule has 2 N–H and O–H groups in total. The van der Waals surface area contributed by atoms with E-state index in [1.807, 2.05) is 13.1 Å². The van der Waals surface area contributed by atoms with Gasteiger partial charge < -0.3 is 15.1 Å². The lowest BCUT2D eigenvalue weighted by atomic mass is 10.2. The third-order valence-corrected chi connectivity index (χ3v) is 5.50. The second kappa shape index (κ2) is 9.69. The van der Waals surface area contributed by atoms with E-state index in [4.69, 9.17) is 4.42 Å². The van der Waals surface area contributed by atoms with Gasteiger partial charge in [-0.1, -0.05) is 12.1 Å². The third-order valence-electron chi connectivity index (χ3n) is 4.76. The number of aliphatic imine (C=N–C) groups is 1. The molecule has 1 aliphatic heterocycles. The molecule has 5 nitrogen and oxygen atoms in total. The van der Waals surface area contributed by atoms with Gasteiger partial charge in [-0.05, 0) is 62.0 Å². The zero-order valence-electron chi connectivity index (χ0n) is 15.6. The molecule has 140 valence electrons. The lowest BCUT2D eigenvalue weighted by Gasteiger charge is -2.26. The summed E-state index contributed by atoms with van der Waals surface area (Å²) < 4.78 is 5.68. The molecule has 1 atom stereocenters. The van der Waals surface area contributed by atoms with Crippen LogP contribution >= 0.6 is 11.8 Å². The molecule has 0 amide bonds. The van der Waals surface area contributed by atoms with Crippen LogP contribution in [0.25, 0.3) is 0 Å². The Kier molecular flexibility index (Phi) is 7.03. The summed E-state index contributed by atoms with van der Waals surface area (Å²) in [6.45, 7) is 3.78. The van der Waals surface area contributed by atoms with Crippen LogP contribution in [0, 0.1) is 0 Å². The summed E-state index contributed by atoms with van der Waals surface area (Å²) in [7, 11) is 1.81. The first kappa shape index (κ1) is 18.9. The normalized spacial score (nSPS) is 16.6. The maximum Gasteiger partial charge on any atom is 0.191 e. The van der Waals surface area contributed by atoms with Crippen molar-refractivity contribution in [2.24, 2.45) is 4.99 Å². The van der Waals surface area contributed by atoms with Crippen molar-refractivity contribution < 1.29 is 4.42 Å². The van der Waals surface area contributed by atoms with Crippen molar-refractivity contribution in [3.05, 3.63) is 54.0 Å². The first-order valence-electron chi connectivity index (χ1n) is 9.15. The quantitative estimate of drug-likeness (QED) is 0.443. The zero-order valence-corrected chi connectivity index (χ0v) is 16.4. The van der Waals surface area contributed by atoms with Crippen molar-refractivity contribution >= 4 is 17.7 Å². The van der Waals surface area contributed by atoms with Crippen molar-refractivity contribution in [2.45, 2.75) is 30.3 Å². The molecule has 1 aromatic heterocycles. The van der Waals surface area contributed by atoms with E-state index in [0.29, 0.717) is 0 Å². The molecule has 0 bridgehead atoms. The van der Waals surface area contributed by atoms with Crippen LogP contribution < -0.4 is 10.6 Å². The maximum absolute atomic E-state index is 5.68. The molecule has 26 heavy (non-hydrogen) atoms. The minimum absolute atomic E-state index is 0.243. The summed E-state index contributed by atoms with van der Waals surface area (Å²) in [6.07, 6.45) is 6.37. The first-order valence-corrected chi connectivity index (χ1v) is 10.4. The zero-order chi connectivity index (χ0) is 18.2. The van der Waals surface area contributed by atoms with Gasteiger partial charge in [0.25, 0.3) is 0 Å². The fourth-order valence-electron chi connectivity index (χ4n) is 3.29. The van der Waals surface area contributed by atoms with Crippen LogP contribution in [0.5, 0.6) is 0 Å². The van der Waals surface area contributed by atoms with Gasteiger partial charge in [0.15, 0.2) is 5.96 Å². The highest BCUT2D eigenvalue weighted by Gasteiger charge is 2.25. The largest absolute Gasteiger partial charge is 0.468 e. The number of nitrogens with one attached hydrogen (secondary N) is 2. The monoisotopic (exact) mass is 372 g/mol. The first-order chi connectivity index (χ1) is 12.8. The fourth-order valence-corrected chi connectivity index (χ4v) is 3.70. The van der Waals surface area contributed by atoms with Crippen LogP contribution in [0.15, 0.2) is 57.0 Å². The minimum atomic E-state index is 0.243. The summed E-state index contributed by atoms with van der Waals surface area (Å²) in [6, 6.07) is 12.9. The van der Waals surface area contributed by atoms with E-state index < -0.39 is 0 Å². The van der Waals surface area contributed by atoms with Gasteiger partial charge in [0, 0.05) is 25.0 Å². The predicted octanol–water partition coefficient (Wildman–Crippen LogP) is 3.50. The average molecular weight is 373 g/mol. The Bertz CT molecular complexity index is 678. The Labute approximate surface area is 160 Å². The Morgan fingerprint density at radius 3 is 2.58 bits per heavy atom. The summed E-state index contributed by atoms with van der Waals surface area (Å²) in [5.74, 6) is 1.83. The number of nitrogens with zero attached hydrogens (tertiary/aromatic N) is 2. The maximum atomic E-state index is 5.68. The number of likely N-dealkylation sites (tertiary alicyclic amines) is 1. The van der Waals surface area contributed by atoms with Gasteiger partial charge >= 0.3 is 0 Å². The molecular weight excluding hydrogens is 344 g/mol. The molecular formula is C20H28N4OS. The number of hydrogen-bond donors (Lipinski definition) is 2. The van der Waals surface area contributed by atoms with Gasteiger partial charge in [0.1, 0.15) is 5.76 Å². The Hall–Kier alpha value is -1.92. The Balaban J connectivity index is 1.54. The van der Waals surface area contributed by atoms with Crippen molar-refractivity contribution in [3.8, 4) is 0 Å². The number of rotatable bonds is 7. The van der Waals surface area contributed by atoms with Gasteiger partial charge in [-0.3, -0.25) is 9.89 Å². The highest BCUT2D eigenvalue weighted by Crippen LogP contribution is 2.24. The lowest BCUT2D eigenvalue weighted by Crippen LogP contribution is -2.42. The number of guanidine groups is 1. The lowest BCUT2D eigenvalue weighted by molar-refractivity contribution is 0.215. The molecule has 0 saturated carbocycles. The number of furan rings is 1. The summed E-state index contributed by atoms with van der Waals surface area (Å²) in [5.41, 5.74) is 1.24. The minimum Gasteiger partial charge on any atom is -0.468 e. The van der Waals surface area contributed by atoms with Crippen LogP contribution in [-0.2, 0) is 6.54 Å². The van der Waals surface area contributed by atoms with E-state index in [-0.39, 0.29) is 6.04 Å².